The standard InChI is InChI=1S/C5H9NO2.C5H5NO2.C5H11NO.C5H5NO.C4H5N.C3H7NO.CH4.H2O.3H2/c2*7-5(8)4-2-1-3-6-4;2*7-4-5-2-1-3-6-5;1-2-4-5-3-1;1-4(2)3-5;;;;;/h4,6H,1-3H2,(H,7,8);1-3,6H,(H,7,8);5-7H,1-4H2;1-4,6H;1-5H;3H,1-2H3;1H4;1H2;3*1H/i2*5+1;2*4+1;;3+1;;;;;. The second-order valence-electron chi connectivity index (χ2n) is 8.55. The highest BCUT2D eigenvalue weighted by Crippen LogP contribution is 2.03. The molecule has 3 aromatic rings. The predicted octanol–water partition coefficient (Wildman–Crippen LogP) is 2.36. The van der Waals surface area contributed by atoms with Gasteiger partial charge in [-0.25, -0.2) is 4.79 Å². The van der Waals surface area contributed by atoms with Crippen molar-refractivity contribution in [2.75, 3.05) is 33.8 Å². The molecular formula is C28H54N6O8. The van der Waals surface area contributed by atoms with Gasteiger partial charge >= 0.3 is 11.9 Å². The predicted molar refractivity (Wildman–Crippen MR) is 168 cm³/mol. The van der Waals surface area contributed by atoms with Crippen molar-refractivity contribution in [2.24, 2.45) is 0 Å². The minimum Gasteiger partial charge on any atom is -0.480 e. The summed E-state index contributed by atoms with van der Waals surface area (Å²) in [5, 5.41) is 31.1. The number of nitrogens with zero attached hydrogens (tertiary/aromatic N) is 1. The normalized spacial score (nSPS) is 15.5. The third-order valence-corrected chi connectivity index (χ3v) is 5.03. The van der Waals surface area contributed by atoms with Crippen LogP contribution in [-0.2, 0) is 9.59 Å². The van der Waals surface area contributed by atoms with E-state index >= 15 is 0 Å². The lowest BCUT2D eigenvalue weighted by molar-refractivity contribution is -0.139. The van der Waals surface area contributed by atoms with Crippen molar-refractivity contribution in [1.29, 1.82) is 0 Å². The summed E-state index contributed by atoms with van der Waals surface area (Å²) in [4.78, 5) is 49.0. The number of carboxylic acids is 2. The number of rotatable bonds is 5. The molecular weight excluding hydrogens is 553 g/mol. The molecule has 2 fully saturated rings. The van der Waals surface area contributed by atoms with Crippen LogP contribution in [0.15, 0.2) is 61.2 Å². The molecule has 2 aliphatic rings. The fourth-order valence-electron chi connectivity index (χ4n) is 2.97. The molecule has 3 aromatic heterocycles. The third kappa shape index (κ3) is 23.6. The van der Waals surface area contributed by atoms with E-state index in [0.717, 1.165) is 45.0 Å². The molecule has 14 heteroatoms. The average molecular weight is 608 g/mol. The number of H-pyrrole nitrogens is 3. The maximum Gasteiger partial charge on any atom is 0.352 e. The van der Waals surface area contributed by atoms with Crippen LogP contribution in [0.2, 0.25) is 0 Å². The Morgan fingerprint density at radius 2 is 1.50 bits per heavy atom. The van der Waals surface area contributed by atoms with Crippen LogP contribution in [0.4, 0.5) is 0 Å². The number of amides is 1. The maximum atomic E-state index is 10.1. The minimum absolute atomic E-state index is 0. The number of hydrogen-bond donors (Lipinski definition) is 8. The van der Waals surface area contributed by atoms with Gasteiger partial charge in [0.2, 0.25) is 6.41 Å². The summed E-state index contributed by atoms with van der Waals surface area (Å²) >= 11 is 0. The number of aldehydes is 1. The Morgan fingerprint density at radius 1 is 0.929 bits per heavy atom. The van der Waals surface area contributed by atoms with Gasteiger partial charge in [0.05, 0.1) is 12.3 Å². The van der Waals surface area contributed by atoms with Gasteiger partial charge in [0.1, 0.15) is 11.7 Å². The van der Waals surface area contributed by atoms with Crippen molar-refractivity contribution >= 4 is 24.6 Å². The highest BCUT2D eigenvalue weighted by molar-refractivity contribution is 5.85. The second kappa shape index (κ2) is 28.3. The van der Waals surface area contributed by atoms with Crippen LogP contribution in [0.5, 0.6) is 0 Å². The number of carboxylic acid groups (broad SMARTS) is 2. The Kier molecular flexibility index (Phi) is 28.4. The molecule has 14 nitrogen and oxygen atoms in total. The highest BCUT2D eigenvalue weighted by atomic mass is 16.5. The summed E-state index contributed by atoms with van der Waals surface area (Å²) in [6, 6.07) is 10.7. The van der Waals surface area contributed by atoms with E-state index in [4.69, 9.17) is 15.3 Å². The van der Waals surface area contributed by atoms with E-state index in [1.807, 2.05) is 24.5 Å². The van der Waals surface area contributed by atoms with Crippen molar-refractivity contribution in [3.05, 3.63) is 72.6 Å². The zero-order valence-electron chi connectivity index (χ0n) is 23.5. The molecule has 0 aromatic carbocycles. The highest BCUT2D eigenvalue weighted by Gasteiger charge is 2.20. The third-order valence-electron chi connectivity index (χ3n) is 5.03. The van der Waals surface area contributed by atoms with Crippen molar-refractivity contribution < 1.29 is 44.3 Å². The fourth-order valence-corrected chi connectivity index (χ4v) is 2.97. The Hall–Kier alpha value is -4.24. The zero-order valence-corrected chi connectivity index (χ0v) is 23.5. The number of aromatic carboxylic acids is 1. The molecule has 1 amide bonds. The first-order chi connectivity index (χ1) is 19.2. The Morgan fingerprint density at radius 3 is 1.71 bits per heavy atom. The number of carbonyl (C=O) groups excluding carboxylic acids is 2. The van der Waals surface area contributed by atoms with Gasteiger partial charge in [0, 0.05) is 49.2 Å². The molecule has 0 saturated carbocycles. The van der Waals surface area contributed by atoms with Gasteiger partial charge < -0.3 is 51.3 Å². The van der Waals surface area contributed by atoms with E-state index in [1.165, 1.54) is 17.4 Å². The molecule has 10 N–H and O–H groups in total. The summed E-state index contributed by atoms with van der Waals surface area (Å²) in [6.45, 7) is 2.25. The van der Waals surface area contributed by atoms with Gasteiger partial charge in [-0.05, 0) is 75.2 Å². The summed E-state index contributed by atoms with van der Waals surface area (Å²) < 4.78 is 0. The number of aliphatic carboxylic acids is 1. The van der Waals surface area contributed by atoms with Crippen molar-refractivity contribution in [3.8, 4) is 0 Å². The molecule has 2 aliphatic heterocycles. The van der Waals surface area contributed by atoms with E-state index < -0.39 is 11.9 Å². The number of aromatic nitrogens is 3. The van der Waals surface area contributed by atoms with E-state index in [0.29, 0.717) is 18.3 Å². The van der Waals surface area contributed by atoms with Crippen LogP contribution in [0.1, 0.15) is 58.4 Å². The molecule has 0 bridgehead atoms. The minimum atomic E-state index is -0.921. The van der Waals surface area contributed by atoms with E-state index in [1.54, 1.807) is 44.7 Å². The number of carbonyl (C=O) groups is 4. The molecule has 0 radical (unpaired) electrons. The summed E-state index contributed by atoms with van der Waals surface area (Å²) in [5.41, 5.74) is 0.852. The average Bonchev–Trinajstić information content (AvgIpc) is 3.82. The SMILES string of the molecule is C.CN(C)[13CH]=O.O.O=[13CH]c1ccc[nH]1.O=[13C](O)C1CCCN1.O=[13C](O)c1ccc[nH]1.O[13CH2]C1CCCN1.[HH].[HH].[HH].c1cc[nH]c1. The van der Waals surface area contributed by atoms with Gasteiger partial charge in [-0.2, -0.15) is 0 Å². The first kappa shape index (κ1) is 42.2. The Labute approximate surface area is 251 Å². The smallest absolute Gasteiger partial charge is 0.352 e. The van der Waals surface area contributed by atoms with Gasteiger partial charge in [0.15, 0.2) is 6.29 Å². The number of aromatic amines is 3. The van der Waals surface area contributed by atoms with Crippen LogP contribution in [0.25, 0.3) is 0 Å². The zero-order chi connectivity index (χ0) is 30.0. The van der Waals surface area contributed by atoms with Gasteiger partial charge in [-0.3, -0.25) is 14.4 Å². The number of hydrogen-bond acceptors (Lipinski definition) is 7. The van der Waals surface area contributed by atoms with Gasteiger partial charge in [-0.1, -0.05) is 7.43 Å². The number of nitrogens with one attached hydrogen (secondary N) is 5. The van der Waals surface area contributed by atoms with Crippen LogP contribution >= 0.6 is 0 Å². The van der Waals surface area contributed by atoms with Crippen molar-refractivity contribution in [3.63, 3.8) is 0 Å². The maximum absolute atomic E-state index is 10.1. The quantitative estimate of drug-likeness (QED) is 0.157. The van der Waals surface area contributed by atoms with E-state index in [9.17, 15) is 19.2 Å². The van der Waals surface area contributed by atoms with Crippen LogP contribution < -0.4 is 10.6 Å². The summed E-state index contributed by atoms with van der Waals surface area (Å²) in [6.07, 6.45) is 12.7. The lowest BCUT2D eigenvalue weighted by atomic mass is 10.3. The lowest BCUT2D eigenvalue weighted by Gasteiger charge is -2.01. The Balaban J connectivity index is -0.000000100. The molecule has 2 atom stereocenters. The van der Waals surface area contributed by atoms with Crippen LogP contribution in [0.3, 0.4) is 0 Å². The van der Waals surface area contributed by atoms with Gasteiger partial charge in [-0.15, -0.1) is 0 Å². The molecule has 42 heavy (non-hydrogen) atoms. The number of aliphatic hydroxyl groups is 1. The van der Waals surface area contributed by atoms with Crippen molar-refractivity contribution in [2.45, 2.75) is 45.2 Å². The van der Waals surface area contributed by atoms with E-state index in [-0.39, 0.29) is 28.9 Å². The van der Waals surface area contributed by atoms with Gasteiger partial charge in [0.25, 0.3) is 0 Å². The van der Waals surface area contributed by atoms with Crippen molar-refractivity contribution in [1.82, 2.24) is 30.5 Å². The largest absolute Gasteiger partial charge is 0.480 e. The first-order valence-electron chi connectivity index (χ1n) is 12.7. The fraction of sp³-hybridized carbons (Fsp3) is 0.429. The van der Waals surface area contributed by atoms with Crippen LogP contribution in [0, 0.1) is 0 Å². The molecule has 5 heterocycles. The van der Waals surface area contributed by atoms with E-state index in [2.05, 4.69) is 25.6 Å². The monoisotopic (exact) mass is 607 g/mol. The topological polar surface area (TPSA) is 235 Å². The number of aliphatic hydroxyl groups excluding tert-OH is 1. The molecule has 0 spiro atoms. The molecule has 5 rings (SSSR count). The van der Waals surface area contributed by atoms with Crippen LogP contribution in [-0.4, -0.2) is 111 Å². The molecule has 2 saturated heterocycles. The second-order valence-corrected chi connectivity index (χ2v) is 8.55. The first-order valence-corrected chi connectivity index (χ1v) is 12.7. The Bertz CT molecular complexity index is 983. The molecule has 2 unspecified atom stereocenters. The summed E-state index contributed by atoms with van der Waals surface area (Å²) in [7, 11) is 3.38. The molecule has 244 valence electrons. The lowest BCUT2D eigenvalue weighted by Crippen LogP contribution is -2.29. The summed E-state index contributed by atoms with van der Waals surface area (Å²) in [5.74, 6) is -1.64. The molecule has 0 aliphatic carbocycles.